The average molecular weight is 248 g/mol. The molecule has 4 N–H and O–H groups in total. The highest BCUT2D eigenvalue weighted by atomic mass is 16.6. The SMILES string of the molecule is Cc1[nH]ncc1CNc1ccc([N+](=O)[O-])c(N)n1. The zero-order valence-corrected chi connectivity index (χ0v) is 9.67. The van der Waals surface area contributed by atoms with Crippen LogP contribution in [0.2, 0.25) is 0 Å². The lowest BCUT2D eigenvalue weighted by Crippen LogP contribution is -2.05. The molecule has 0 bridgehead atoms. The van der Waals surface area contributed by atoms with Crippen LogP contribution < -0.4 is 11.1 Å². The molecule has 0 aromatic carbocycles. The second-order valence-electron chi connectivity index (χ2n) is 3.73. The van der Waals surface area contributed by atoms with Crippen molar-refractivity contribution < 1.29 is 4.92 Å². The van der Waals surface area contributed by atoms with Gasteiger partial charge in [0.15, 0.2) is 0 Å². The van der Waals surface area contributed by atoms with E-state index in [-0.39, 0.29) is 11.5 Å². The summed E-state index contributed by atoms with van der Waals surface area (Å²) in [6.07, 6.45) is 1.71. The van der Waals surface area contributed by atoms with E-state index in [1.807, 2.05) is 6.92 Å². The molecular weight excluding hydrogens is 236 g/mol. The van der Waals surface area contributed by atoms with Gasteiger partial charge in [-0.2, -0.15) is 5.10 Å². The largest absolute Gasteiger partial charge is 0.378 e. The van der Waals surface area contributed by atoms with E-state index in [9.17, 15) is 10.1 Å². The van der Waals surface area contributed by atoms with Crippen LogP contribution in [0.15, 0.2) is 18.3 Å². The third-order valence-electron chi connectivity index (χ3n) is 2.49. The molecule has 0 amide bonds. The molecule has 0 saturated heterocycles. The molecule has 18 heavy (non-hydrogen) atoms. The van der Waals surface area contributed by atoms with Crippen molar-refractivity contribution >= 4 is 17.3 Å². The standard InChI is InChI=1S/C10H12N6O2/c1-6-7(5-13-15-6)4-12-9-3-2-8(16(17)18)10(11)14-9/h2-3,5H,4H2,1H3,(H,13,15)(H3,11,12,14). The highest BCUT2D eigenvalue weighted by Gasteiger charge is 2.12. The summed E-state index contributed by atoms with van der Waals surface area (Å²) in [5.74, 6) is 0.382. The Morgan fingerprint density at radius 1 is 1.56 bits per heavy atom. The number of rotatable bonds is 4. The average Bonchev–Trinajstić information content (AvgIpc) is 2.72. The number of nitrogen functional groups attached to an aromatic ring is 1. The topological polar surface area (TPSA) is 123 Å². The molecule has 0 fully saturated rings. The molecule has 2 aromatic rings. The summed E-state index contributed by atoms with van der Waals surface area (Å²) >= 11 is 0. The number of aryl methyl sites for hydroxylation is 1. The summed E-state index contributed by atoms with van der Waals surface area (Å²) in [4.78, 5) is 13.9. The van der Waals surface area contributed by atoms with E-state index in [1.165, 1.54) is 12.1 Å². The maximum Gasteiger partial charge on any atom is 0.311 e. The van der Waals surface area contributed by atoms with E-state index >= 15 is 0 Å². The van der Waals surface area contributed by atoms with Crippen LogP contribution in [0.25, 0.3) is 0 Å². The van der Waals surface area contributed by atoms with Crippen LogP contribution in [0.1, 0.15) is 11.3 Å². The normalized spacial score (nSPS) is 10.3. The van der Waals surface area contributed by atoms with Gasteiger partial charge in [-0.15, -0.1) is 0 Å². The van der Waals surface area contributed by atoms with Gasteiger partial charge in [0, 0.05) is 23.9 Å². The summed E-state index contributed by atoms with van der Waals surface area (Å²) in [7, 11) is 0. The molecule has 2 aromatic heterocycles. The van der Waals surface area contributed by atoms with Gasteiger partial charge in [-0.1, -0.05) is 0 Å². The summed E-state index contributed by atoms with van der Waals surface area (Å²) in [5, 5.41) is 20.3. The smallest absolute Gasteiger partial charge is 0.311 e. The first kappa shape index (κ1) is 11.8. The van der Waals surface area contributed by atoms with E-state index < -0.39 is 4.92 Å². The number of hydrogen-bond acceptors (Lipinski definition) is 6. The zero-order chi connectivity index (χ0) is 13.1. The molecule has 0 atom stereocenters. The molecule has 8 heteroatoms. The van der Waals surface area contributed by atoms with Crippen LogP contribution in [0.4, 0.5) is 17.3 Å². The number of aromatic amines is 1. The highest BCUT2D eigenvalue weighted by molar-refractivity contribution is 5.57. The second kappa shape index (κ2) is 4.70. The minimum atomic E-state index is -0.563. The zero-order valence-electron chi connectivity index (χ0n) is 9.67. The number of pyridine rings is 1. The van der Waals surface area contributed by atoms with Gasteiger partial charge in [0.25, 0.3) is 0 Å². The minimum Gasteiger partial charge on any atom is -0.378 e. The lowest BCUT2D eigenvalue weighted by atomic mass is 10.2. The van der Waals surface area contributed by atoms with Gasteiger partial charge in [0.2, 0.25) is 5.82 Å². The fourth-order valence-corrected chi connectivity index (χ4v) is 1.46. The maximum atomic E-state index is 10.6. The Bertz CT molecular complexity index is 579. The van der Waals surface area contributed by atoms with E-state index in [4.69, 9.17) is 5.73 Å². The van der Waals surface area contributed by atoms with Gasteiger partial charge in [-0.05, 0) is 13.0 Å². The number of nitrogens with zero attached hydrogens (tertiary/aromatic N) is 3. The molecule has 0 radical (unpaired) electrons. The van der Waals surface area contributed by atoms with Gasteiger partial charge in [-0.3, -0.25) is 15.2 Å². The van der Waals surface area contributed by atoms with Crippen LogP contribution in [-0.2, 0) is 6.54 Å². The van der Waals surface area contributed by atoms with E-state index in [1.54, 1.807) is 6.20 Å². The molecule has 94 valence electrons. The Balaban J connectivity index is 2.09. The van der Waals surface area contributed by atoms with Crippen LogP contribution in [0, 0.1) is 17.0 Å². The van der Waals surface area contributed by atoms with Gasteiger partial charge < -0.3 is 11.1 Å². The van der Waals surface area contributed by atoms with Crippen molar-refractivity contribution in [2.75, 3.05) is 11.1 Å². The molecule has 0 unspecified atom stereocenters. The number of nitrogens with one attached hydrogen (secondary N) is 2. The first-order valence-corrected chi connectivity index (χ1v) is 5.21. The first-order valence-electron chi connectivity index (χ1n) is 5.21. The quantitative estimate of drug-likeness (QED) is 0.552. The third-order valence-corrected chi connectivity index (χ3v) is 2.49. The second-order valence-corrected chi connectivity index (χ2v) is 3.73. The van der Waals surface area contributed by atoms with Crippen molar-refractivity contribution in [3.8, 4) is 0 Å². The Labute approximate surface area is 102 Å². The van der Waals surface area contributed by atoms with Crippen molar-refractivity contribution in [3.63, 3.8) is 0 Å². The van der Waals surface area contributed by atoms with Crippen LogP contribution in [0.3, 0.4) is 0 Å². The highest BCUT2D eigenvalue weighted by Crippen LogP contribution is 2.21. The maximum absolute atomic E-state index is 10.6. The lowest BCUT2D eigenvalue weighted by Gasteiger charge is -2.05. The predicted molar refractivity (Wildman–Crippen MR) is 66.0 cm³/mol. The molecule has 2 rings (SSSR count). The van der Waals surface area contributed by atoms with Crippen molar-refractivity contribution in [2.45, 2.75) is 13.5 Å². The molecule has 0 aliphatic carbocycles. The van der Waals surface area contributed by atoms with E-state index in [0.717, 1.165) is 11.3 Å². The minimum absolute atomic E-state index is 0.103. The Kier molecular flexibility index (Phi) is 3.09. The Hall–Kier alpha value is -2.64. The van der Waals surface area contributed by atoms with Crippen LogP contribution >= 0.6 is 0 Å². The van der Waals surface area contributed by atoms with Crippen molar-refractivity contribution in [1.82, 2.24) is 15.2 Å². The fourth-order valence-electron chi connectivity index (χ4n) is 1.46. The summed E-state index contributed by atoms with van der Waals surface area (Å²) in [5.41, 5.74) is 7.25. The molecule has 0 aliphatic rings. The Morgan fingerprint density at radius 2 is 2.33 bits per heavy atom. The third kappa shape index (κ3) is 2.37. The van der Waals surface area contributed by atoms with Crippen LogP contribution in [0.5, 0.6) is 0 Å². The number of H-pyrrole nitrogens is 1. The number of anilines is 2. The summed E-state index contributed by atoms with van der Waals surface area (Å²) in [6.45, 7) is 2.42. The predicted octanol–water partition coefficient (Wildman–Crippen LogP) is 1.22. The fraction of sp³-hybridized carbons (Fsp3) is 0.200. The van der Waals surface area contributed by atoms with Gasteiger partial charge in [-0.25, -0.2) is 4.98 Å². The number of aromatic nitrogens is 3. The molecule has 0 aliphatic heterocycles. The van der Waals surface area contributed by atoms with E-state index in [0.29, 0.717) is 12.4 Å². The first-order chi connectivity index (χ1) is 8.58. The van der Waals surface area contributed by atoms with Crippen molar-refractivity contribution in [1.29, 1.82) is 0 Å². The van der Waals surface area contributed by atoms with Gasteiger partial charge in [0.1, 0.15) is 5.82 Å². The number of hydrogen-bond donors (Lipinski definition) is 3. The summed E-state index contributed by atoms with van der Waals surface area (Å²) < 4.78 is 0. The molecule has 2 heterocycles. The van der Waals surface area contributed by atoms with E-state index in [2.05, 4.69) is 20.5 Å². The van der Waals surface area contributed by atoms with Crippen molar-refractivity contribution in [2.24, 2.45) is 0 Å². The lowest BCUT2D eigenvalue weighted by molar-refractivity contribution is -0.384. The van der Waals surface area contributed by atoms with Gasteiger partial charge in [0.05, 0.1) is 11.1 Å². The summed E-state index contributed by atoms with van der Waals surface area (Å²) in [6, 6.07) is 2.84. The number of nitrogens with two attached hydrogens (primary N) is 1. The molecule has 0 spiro atoms. The molecule has 8 nitrogen and oxygen atoms in total. The van der Waals surface area contributed by atoms with Crippen LogP contribution in [-0.4, -0.2) is 20.1 Å². The van der Waals surface area contributed by atoms with Gasteiger partial charge >= 0.3 is 5.69 Å². The molecular formula is C10H12N6O2. The monoisotopic (exact) mass is 248 g/mol. The Morgan fingerprint density at radius 3 is 2.89 bits per heavy atom. The molecule has 0 saturated carbocycles. The number of nitro groups is 1. The van der Waals surface area contributed by atoms with Crippen molar-refractivity contribution in [3.05, 3.63) is 39.7 Å².